The molecule has 0 aliphatic heterocycles. The fraction of sp³-hybridized carbons (Fsp3) is 0.227. The van der Waals surface area contributed by atoms with Gasteiger partial charge in [-0.05, 0) is 39.0 Å². The lowest BCUT2D eigenvalue weighted by Gasteiger charge is -2.15. The molecule has 0 radical (unpaired) electrons. The number of pyridine rings is 1. The number of carbonyl (C=O) groups is 1. The Kier molecular flexibility index (Phi) is 4.69. The summed E-state index contributed by atoms with van der Waals surface area (Å²) >= 11 is 0. The number of fused-ring (bicyclic) bond motifs is 1. The Morgan fingerprint density at radius 2 is 1.89 bits per heavy atom. The van der Waals surface area contributed by atoms with Crippen molar-refractivity contribution < 1.29 is 4.79 Å². The van der Waals surface area contributed by atoms with Crippen molar-refractivity contribution in [2.75, 3.05) is 0 Å². The lowest BCUT2D eigenvalue weighted by molar-refractivity contribution is 0.0935. The van der Waals surface area contributed by atoms with E-state index in [1.54, 1.807) is 0 Å². The standard InChI is InChI=1S/C22H23N5O/c1-15-11-17(3)27(25-15)12-16(2)23-22(28)19-9-10-21-24-20(14-26(21)13-19)18-7-5-4-6-8-18/h4-11,13-14,16H,12H2,1-3H3,(H,23,28). The fourth-order valence-corrected chi connectivity index (χ4v) is 3.35. The highest BCUT2D eigenvalue weighted by Gasteiger charge is 2.13. The van der Waals surface area contributed by atoms with Gasteiger partial charge in [-0.2, -0.15) is 5.10 Å². The first-order valence-electron chi connectivity index (χ1n) is 9.36. The number of nitrogens with one attached hydrogen (secondary N) is 1. The van der Waals surface area contributed by atoms with Crippen molar-refractivity contribution in [2.45, 2.75) is 33.4 Å². The number of hydrogen-bond acceptors (Lipinski definition) is 3. The largest absolute Gasteiger partial charge is 0.348 e. The highest BCUT2D eigenvalue weighted by atomic mass is 16.1. The summed E-state index contributed by atoms with van der Waals surface area (Å²) in [6.45, 7) is 6.61. The lowest BCUT2D eigenvalue weighted by atomic mass is 10.2. The van der Waals surface area contributed by atoms with Gasteiger partial charge in [0.15, 0.2) is 0 Å². The summed E-state index contributed by atoms with van der Waals surface area (Å²) in [5.74, 6) is -0.106. The van der Waals surface area contributed by atoms with Crippen molar-refractivity contribution >= 4 is 11.6 Å². The first-order valence-corrected chi connectivity index (χ1v) is 9.36. The molecule has 1 amide bonds. The molecule has 0 aliphatic carbocycles. The van der Waals surface area contributed by atoms with Crippen molar-refractivity contribution in [1.82, 2.24) is 24.5 Å². The molecule has 0 fully saturated rings. The second kappa shape index (κ2) is 7.31. The number of benzene rings is 1. The smallest absolute Gasteiger partial charge is 0.253 e. The first-order chi connectivity index (χ1) is 13.5. The summed E-state index contributed by atoms with van der Waals surface area (Å²) in [4.78, 5) is 17.3. The van der Waals surface area contributed by atoms with E-state index in [9.17, 15) is 4.79 Å². The van der Waals surface area contributed by atoms with E-state index in [2.05, 4.69) is 15.4 Å². The Hall–Kier alpha value is -3.41. The monoisotopic (exact) mass is 373 g/mol. The number of aromatic nitrogens is 4. The van der Waals surface area contributed by atoms with Gasteiger partial charge in [0, 0.05) is 29.7 Å². The summed E-state index contributed by atoms with van der Waals surface area (Å²) in [5, 5.41) is 7.51. The zero-order valence-corrected chi connectivity index (χ0v) is 16.3. The average Bonchev–Trinajstić information content (AvgIpc) is 3.24. The zero-order valence-electron chi connectivity index (χ0n) is 16.3. The van der Waals surface area contributed by atoms with E-state index in [0.29, 0.717) is 12.1 Å². The molecule has 6 nitrogen and oxygen atoms in total. The molecule has 0 aliphatic rings. The van der Waals surface area contributed by atoms with Crippen LogP contribution in [-0.2, 0) is 6.54 Å². The van der Waals surface area contributed by atoms with Crippen LogP contribution in [0.4, 0.5) is 0 Å². The Morgan fingerprint density at radius 3 is 2.61 bits per heavy atom. The maximum atomic E-state index is 12.7. The molecule has 0 bridgehead atoms. The third kappa shape index (κ3) is 3.67. The van der Waals surface area contributed by atoms with Gasteiger partial charge in [-0.15, -0.1) is 0 Å². The maximum absolute atomic E-state index is 12.7. The SMILES string of the molecule is Cc1cc(C)n(CC(C)NC(=O)c2ccc3nc(-c4ccccc4)cn3c2)n1. The van der Waals surface area contributed by atoms with Crippen LogP contribution >= 0.6 is 0 Å². The summed E-state index contributed by atoms with van der Waals surface area (Å²) in [6.07, 6.45) is 3.76. The van der Waals surface area contributed by atoms with Crippen LogP contribution in [0.3, 0.4) is 0 Å². The molecule has 1 atom stereocenters. The molecule has 4 aromatic rings. The van der Waals surface area contributed by atoms with E-state index in [0.717, 1.165) is 28.3 Å². The van der Waals surface area contributed by atoms with Crippen LogP contribution in [-0.4, -0.2) is 31.1 Å². The Labute approximate surface area is 163 Å². The predicted octanol–water partition coefficient (Wildman–Crippen LogP) is 3.63. The number of carbonyl (C=O) groups excluding carboxylic acids is 1. The molecule has 3 heterocycles. The van der Waals surface area contributed by atoms with E-state index in [1.165, 1.54) is 0 Å². The molecule has 6 heteroatoms. The molecule has 1 N–H and O–H groups in total. The van der Waals surface area contributed by atoms with E-state index in [4.69, 9.17) is 0 Å². The molecule has 142 valence electrons. The van der Waals surface area contributed by atoms with Crippen LogP contribution in [0.1, 0.15) is 28.7 Å². The Morgan fingerprint density at radius 1 is 1.11 bits per heavy atom. The topological polar surface area (TPSA) is 64.2 Å². The van der Waals surface area contributed by atoms with E-state index in [-0.39, 0.29) is 11.9 Å². The predicted molar refractivity (Wildman–Crippen MR) is 109 cm³/mol. The maximum Gasteiger partial charge on any atom is 0.253 e. The minimum atomic E-state index is -0.106. The summed E-state index contributed by atoms with van der Waals surface area (Å²) in [6, 6.07) is 15.7. The van der Waals surface area contributed by atoms with Gasteiger partial charge in [0.1, 0.15) is 5.65 Å². The minimum Gasteiger partial charge on any atom is -0.348 e. The lowest BCUT2D eigenvalue weighted by Crippen LogP contribution is -2.36. The van der Waals surface area contributed by atoms with Crippen LogP contribution in [0, 0.1) is 13.8 Å². The number of amides is 1. The summed E-state index contributed by atoms with van der Waals surface area (Å²) < 4.78 is 3.81. The number of imidazole rings is 1. The van der Waals surface area contributed by atoms with Gasteiger partial charge in [0.2, 0.25) is 0 Å². The fourth-order valence-electron chi connectivity index (χ4n) is 3.35. The van der Waals surface area contributed by atoms with Crippen LogP contribution < -0.4 is 5.32 Å². The van der Waals surface area contributed by atoms with Crippen LogP contribution in [0.25, 0.3) is 16.9 Å². The van der Waals surface area contributed by atoms with E-state index >= 15 is 0 Å². The third-order valence-corrected chi connectivity index (χ3v) is 4.71. The van der Waals surface area contributed by atoms with Crippen LogP contribution in [0.2, 0.25) is 0 Å². The molecular formula is C22H23N5O. The van der Waals surface area contributed by atoms with Gasteiger partial charge in [0.25, 0.3) is 5.91 Å². The van der Waals surface area contributed by atoms with Gasteiger partial charge in [0.05, 0.1) is 23.5 Å². The Bertz CT molecular complexity index is 1130. The summed E-state index contributed by atoms with van der Waals surface area (Å²) in [7, 11) is 0. The molecule has 0 saturated heterocycles. The molecular weight excluding hydrogens is 350 g/mol. The van der Waals surface area contributed by atoms with Crippen LogP contribution in [0.15, 0.2) is 60.9 Å². The second-order valence-electron chi connectivity index (χ2n) is 7.16. The first kappa shape index (κ1) is 18.0. The van der Waals surface area contributed by atoms with E-state index < -0.39 is 0 Å². The molecule has 3 aromatic heterocycles. The average molecular weight is 373 g/mol. The van der Waals surface area contributed by atoms with Gasteiger partial charge in [-0.1, -0.05) is 30.3 Å². The van der Waals surface area contributed by atoms with Crippen LogP contribution in [0.5, 0.6) is 0 Å². The van der Waals surface area contributed by atoms with Gasteiger partial charge >= 0.3 is 0 Å². The molecule has 0 spiro atoms. The van der Waals surface area contributed by atoms with Crippen molar-refractivity contribution in [2.24, 2.45) is 0 Å². The van der Waals surface area contributed by atoms with Crippen molar-refractivity contribution in [3.63, 3.8) is 0 Å². The second-order valence-corrected chi connectivity index (χ2v) is 7.16. The van der Waals surface area contributed by atoms with Crippen molar-refractivity contribution in [1.29, 1.82) is 0 Å². The quantitative estimate of drug-likeness (QED) is 0.581. The molecule has 0 saturated carbocycles. The molecule has 4 rings (SSSR count). The van der Waals surface area contributed by atoms with Crippen molar-refractivity contribution in [3.05, 3.63) is 77.9 Å². The van der Waals surface area contributed by atoms with Gasteiger partial charge < -0.3 is 9.72 Å². The summed E-state index contributed by atoms with van der Waals surface area (Å²) in [5.41, 5.74) is 5.42. The van der Waals surface area contributed by atoms with Gasteiger partial charge in [-0.3, -0.25) is 9.48 Å². The Balaban J connectivity index is 1.50. The normalized spacial score (nSPS) is 12.2. The van der Waals surface area contributed by atoms with Crippen molar-refractivity contribution in [3.8, 4) is 11.3 Å². The highest BCUT2D eigenvalue weighted by Crippen LogP contribution is 2.19. The number of nitrogens with zero attached hydrogens (tertiary/aromatic N) is 4. The minimum absolute atomic E-state index is 0.0381. The number of rotatable bonds is 5. The van der Waals surface area contributed by atoms with Gasteiger partial charge in [-0.25, -0.2) is 4.98 Å². The number of hydrogen-bond donors (Lipinski definition) is 1. The molecule has 28 heavy (non-hydrogen) atoms. The molecule has 1 aromatic carbocycles. The third-order valence-electron chi connectivity index (χ3n) is 4.71. The van der Waals surface area contributed by atoms with E-state index in [1.807, 2.05) is 90.8 Å². The molecule has 1 unspecified atom stereocenters. The zero-order chi connectivity index (χ0) is 19.7. The number of aryl methyl sites for hydroxylation is 2. The highest BCUT2D eigenvalue weighted by molar-refractivity contribution is 5.94.